The zero-order valence-corrected chi connectivity index (χ0v) is 11.2. The van der Waals surface area contributed by atoms with Gasteiger partial charge in [0.1, 0.15) is 0 Å². The molecule has 0 aliphatic carbocycles. The largest absolute Gasteiger partial charge is 0.417 e. The number of hydrogen-bond donors (Lipinski definition) is 1. The van der Waals surface area contributed by atoms with Crippen molar-refractivity contribution in [1.82, 2.24) is 10.3 Å². The second kappa shape index (κ2) is 6.11. The fourth-order valence-electron chi connectivity index (χ4n) is 1.93. The molecule has 1 aliphatic heterocycles. The van der Waals surface area contributed by atoms with E-state index in [4.69, 9.17) is 4.74 Å². The van der Waals surface area contributed by atoms with E-state index in [0.29, 0.717) is 24.3 Å². The van der Waals surface area contributed by atoms with Gasteiger partial charge in [-0.15, -0.1) is 0 Å². The number of nitrogens with zero attached hydrogens (tertiary/aromatic N) is 1. The first-order valence-corrected chi connectivity index (χ1v) is 6.83. The maximum absolute atomic E-state index is 12.4. The molecule has 0 bridgehead atoms. The lowest BCUT2D eigenvalue weighted by molar-refractivity contribution is -0.137. The summed E-state index contributed by atoms with van der Waals surface area (Å²) >= 11 is 1.45. The van der Waals surface area contributed by atoms with Crippen molar-refractivity contribution in [2.75, 3.05) is 20.3 Å². The average Bonchev–Trinajstić information content (AvgIpc) is 2.39. The summed E-state index contributed by atoms with van der Waals surface area (Å²) in [6.07, 6.45) is -2.56. The molecule has 0 amide bonds. The van der Waals surface area contributed by atoms with Crippen LogP contribution in [0.25, 0.3) is 0 Å². The molecule has 106 valence electrons. The van der Waals surface area contributed by atoms with Crippen LogP contribution >= 0.6 is 11.8 Å². The van der Waals surface area contributed by atoms with E-state index in [2.05, 4.69) is 10.3 Å². The average molecular weight is 292 g/mol. The molecule has 7 heteroatoms. The molecule has 1 fully saturated rings. The Morgan fingerprint density at radius 3 is 2.79 bits per heavy atom. The van der Waals surface area contributed by atoms with Gasteiger partial charge in [-0.25, -0.2) is 4.98 Å². The molecule has 1 aromatic rings. The second-order valence-electron chi connectivity index (χ2n) is 4.30. The van der Waals surface area contributed by atoms with E-state index >= 15 is 0 Å². The van der Waals surface area contributed by atoms with Crippen molar-refractivity contribution >= 4 is 11.8 Å². The summed E-state index contributed by atoms with van der Waals surface area (Å²) in [6.45, 7) is 1.29. The fourth-order valence-corrected chi connectivity index (χ4v) is 3.10. The van der Waals surface area contributed by atoms with Gasteiger partial charge in [0.2, 0.25) is 0 Å². The monoisotopic (exact) mass is 292 g/mol. The van der Waals surface area contributed by atoms with Crippen molar-refractivity contribution in [3.63, 3.8) is 0 Å². The molecular formula is C12H15F3N2OS. The highest BCUT2D eigenvalue weighted by Crippen LogP contribution is 2.31. The number of alkyl halides is 3. The SMILES string of the molecule is CNC1CCOCC1Sc1ccc(C(F)(F)F)cn1. The van der Waals surface area contributed by atoms with Gasteiger partial charge < -0.3 is 10.1 Å². The van der Waals surface area contributed by atoms with Crippen LogP contribution in [0.15, 0.2) is 23.4 Å². The predicted octanol–water partition coefficient (Wildman–Crippen LogP) is 2.57. The van der Waals surface area contributed by atoms with Crippen molar-refractivity contribution in [2.45, 2.75) is 28.9 Å². The van der Waals surface area contributed by atoms with Crippen LogP contribution in [0.4, 0.5) is 13.2 Å². The molecule has 0 spiro atoms. The molecule has 2 atom stereocenters. The third kappa shape index (κ3) is 3.84. The maximum Gasteiger partial charge on any atom is 0.417 e. The Morgan fingerprint density at radius 1 is 1.42 bits per heavy atom. The van der Waals surface area contributed by atoms with Crippen LogP contribution in [0.3, 0.4) is 0 Å². The van der Waals surface area contributed by atoms with Gasteiger partial charge in [-0.05, 0) is 25.6 Å². The molecule has 19 heavy (non-hydrogen) atoms. The molecule has 2 rings (SSSR count). The summed E-state index contributed by atoms with van der Waals surface area (Å²) in [5.74, 6) is 0. The summed E-state index contributed by atoms with van der Waals surface area (Å²) in [6, 6.07) is 2.77. The van der Waals surface area contributed by atoms with E-state index in [0.717, 1.165) is 18.7 Å². The smallest absolute Gasteiger partial charge is 0.380 e. The van der Waals surface area contributed by atoms with Gasteiger partial charge >= 0.3 is 6.18 Å². The van der Waals surface area contributed by atoms with E-state index in [1.165, 1.54) is 17.8 Å². The Balaban J connectivity index is 2.02. The molecule has 0 radical (unpaired) electrons. The lowest BCUT2D eigenvalue weighted by atomic mass is 10.1. The summed E-state index contributed by atoms with van der Waals surface area (Å²) < 4.78 is 42.6. The summed E-state index contributed by atoms with van der Waals surface area (Å²) in [5, 5.41) is 3.96. The van der Waals surface area contributed by atoms with Crippen LogP contribution in [0, 0.1) is 0 Å². The molecule has 2 unspecified atom stereocenters. The zero-order chi connectivity index (χ0) is 13.9. The molecular weight excluding hydrogens is 277 g/mol. The lowest BCUT2D eigenvalue weighted by Crippen LogP contribution is -2.43. The Hall–Kier alpha value is -0.790. The Morgan fingerprint density at radius 2 is 2.21 bits per heavy atom. The standard InChI is InChI=1S/C12H15F3N2OS/c1-16-9-4-5-18-7-10(9)19-11-3-2-8(6-17-11)12(13,14)15/h2-3,6,9-10,16H,4-5,7H2,1H3. The molecule has 3 nitrogen and oxygen atoms in total. The maximum atomic E-state index is 12.4. The molecule has 1 aliphatic rings. The number of rotatable bonds is 3. The molecule has 1 N–H and O–H groups in total. The van der Waals surface area contributed by atoms with Crippen LogP contribution < -0.4 is 5.32 Å². The van der Waals surface area contributed by atoms with Crippen molar-refractivity contribution in [1.29, 1.82) is 0 Å². The number of thioether (sulfide) groups is 1. The molecule has 1 saturated heterocycles. The number of nitrogens with one attached hydrogen (secondary N) is 1. The van der Waals surface area contributed by atoms with Gasteiger partial charge in [0.15, 0.2) is 0 Å². The summed E-state index contributed by atoms with van der Waals surface area (Å²) in [4.78, 5) is 3.87. The minimum atomic E-state index is -4.34. The van der Waals surface area contributed by atoms with E-state index < -0.39 is 11.7 Å². The minimum absolute atomic E-state index is 0.169. The second-order valence-corrected chi connectivity index (χ2v) is 5.56. The number of ether oxygens (including phenoxy) is 1. The highest BCUT2D eigenvalue weighted by molar-refractivity contribution is 8.00. The van der Waals surface area contributed by atoms with Gasteiger partial charge in [-0.3, -0.25) is 0 Å². The summed E-state index contributed by atoms with van der Waals surface area (Å²) in [5.41, 5.74) is -0.720. The van der Waals surface area contributed by atoms with Crippen molar-refractivity contribution < 1.29 is 17.9 Å². The fraction of sp³-hybridized carbons (Fsp3) is 0.583. The lowest BCUT2D eigenvalue weighted by Gasteiger charge is -2.30. The Kier molecular flexibility index (Phi) is 4.70. The zero-order valence-electron chi connectivity index (χ0n) is 10.4. The molecule has 1 aromatic heterocycles. The third-order valence-corrected chi connectivity index (χ3v) is 4.26. The topological polar surface area (TPSA) is 34.1 Å². The number of pyridine rings is 1. The van der Waals surface area contributed by atoms with Crippen LogP contribution in [-0.4, -0.2) is 36.5 Å². The van der Waals surface area contributed by atoms with Gasteiger partial charge in [-0.1, -0.05) is 11.8 Å². The predicted molar refractivity (Wildman–Crippen MR) is 67.2 cm³/mol. The Labute approximate surface area is 113 Å². The quantitative estimate of drug-likeness (QED) is 0.928. The van der Waals surface area contributed by atoms with Gasteiger partial charge in [-0.2, -0.15) is 13.2 Å². The first kappa shape index (κ1) is 14.6. The summed E-state index contributed by atoms with van der Waals surface area (Å²) in [7, 11) is 1.88. The van der Waals surface area contributed by atoms with E-state index in [-0.39, 0.29) is 5.25 Å². The first-order valence-electron chi connectivity index (χ1n) is 5.95. The Bertz CT molecular complexity index is 410. The van der Waals surface area contributed by atoms with E-state index in [1.807, 2.05) is 7.05 Å². The normalized spacial score (nSPS) is 24.4. The van der Waals surface area contributed by atoms with Crippen LogP contribution in [0.1, 0.15) is 12.0 Å². The highest BCUT2D eigenvalue weighted by atomic mass is 32.2. The minimum Gasteiger partial charge on any atom is -0.380 e. The van der Waals surface area contributed by atoms with E-state index in [9.17, 15) is 13.2 Å². The van der Waals surface area contributed by atoms with Gasteiger partial charge in [0.05, 0.1) is 17.2 Å². The van der Waals surface area contributed by atoms with Crippen LogP contribution in [0.5, 0.6) is 0 Å². The number of hydrogen-bond acceptors (Lipinski definition) is 4. The van der Waals surface area contributed by atoms with Crippen molar-refractivity contribution in [2.24, 2.45) is 0 Å². The highest BCUT2D eigenvalue weighted by Gasteiger charge is 2.31. The van der Waals surface area contributed by atoms with Crippen molar-refractivity contribution in [3.8, 4) is 0 Å². The van der Waals surface area contributed by atoms with Gasteiger partial charge in [0, 0.05) is 24.1 Å². The van der Waals surface area contributed by atoms with Crippen LogP contribution in [0.2, 0.25) is 0 Å². The third-order valence-electron chi connectivity index (χ3n) is 3.01. The first-order chi connectivity index (χ1) is 9.00. The molecule has 0 aromatic carbocycles. The number of halogens is 3. The van der Waals surface area contributed by atoms with Crippen LogP contribution in [-0.2, 0) is 10.9 Å². The van der Waals surface area contributed by atoms with Gasteiger partial charge in [0.25, 0.3) is 0 Å². The molecule has 2 heterocycles. The molecule has 0 saturated carbocycles. The van der Waals surface area contributed by atoms with E-state index in [1.54, 1.807) is 0 Å². The number of aromatic nitrogens is 1. The van der Waals surface area contributed by atoms with Crippen molar-refractivity contribution in [3.05, 3.63) is 23.9 Å².